The van der Waals surface area contributed by atoms with Gasteiger partial charge in [0.15, 0.2) is 0 Å². The van der Waals surface area contributed by atoms with Gasteiger partial charge in [-0.25, -0.2) is 0 Å². The van der Waals surface area contributed by atoms with Gasteiger partial charge in [0.05, 0.1) is 37.9 Å². The average Bonchev–Trinajstić information content (AvgIpc) is 3.43. The third-order valence-corrected chi connectivity index (χ3v) is 10.3. The summed E-state index contributed by atoms with van der Waals surface area (Å²) in [4.78, 5) is 0. The Balaban J connectivity index is -0.0000000323. The predicted octanol–water partition coefficient (Wildman–Crippen LogP) is 22.7. The minimum absolute atomic E-state index is 0. The van der Waals surface area contributed by atoms with Crippen molar-refractivity contribution in [3.8, 4) is 34.5 Å². The zero-order valence-corrected chi connectivity index (χ0v) is 91.4. The zero-order chi connectivity index (χ0) is 49.7. The van der Waals surface area contributed by atoms with Gasteiger partial charge in [0.25, 0.3) is 0 Å². The monoisotopic (exact) mass is 3690 g/mol. The molecule has 0 N–H and O–H groups in total. The Labute approximate surface area is 836 Å². The topological polar surface area (TPSA) is 55.4 Å². The van der Waals surface area contributed by atoms with Crippen LogP contribution in [0.5, 0.6) is 34.5 Å². The maximum atomic E-state index is 6.04. The number of ether oxygens (including phenoxy) is 6. The number of hydrogen-bond donors (Lipinski definition) is 0. The van der Waals surface area contributed by atoms with Crippen molar-refractivity contribution in [2.75, 3.05) is 26.4 Å². The van der Waals surface area contributed by atoms with E-state index in [1.54, 1.807) is 0 Å². The summed E-state index contributed by atoms with van der Waals surface area (Å²) in [6.45, 7) is 11.3. The zero-order valence-electron chi connectivity index (χ0n) is 47.6. The van der Waals surface area contributed by atoms with Crippen molar-refractivity contribution in [1.82, 2.24) is 0 Å². The van der Waals surface area contributed by atoms with Crippen LogP contribution in [0.15, 0.2) is 194 Å². The van der Waals surface area contributed by atoms with E-state index in [0.717, 1.165) is 73.4 Å². The van der Waals surface area contributed by atoms with Crippen LogP contribution in [0.2, 0.25) is 0 Å². The minimum Gasteiger partial charge on any atom is -0.665 e. The van der Waals surface area contributed by atoms with Gasteiger partial charge >= 0.3 is 0 Å². The Morgan fingerprint density at radius 3 is 0.722 bits per heavy atom. The van der Waals surface area contributed by atoms with E-state index in [2.05, 4.69) is 125 Å². The van der Waals surface area contributed by atoms with Gasteiger partial charge in [-0.05, 0) is 116 Å². The number of hydrogen-bond acceptors (Lipinski definition) is 6. The van der Waals surface area contributed by atoms with Crippen molar-refractivity contribution in [1.29, 1.82) is 0 Å². The first-order valence-electron chi connectivity index (χ1n) is 23.7. The van der Waals surface area contributed by atoms with Gasteiger partial charge < -0.3 is 52.7 Å². The van der Waals surface area contributed by atoms with Crippen LogP contribution in [0.25, 0.3) is 0 Å². The van der Waals surface area contributed by atoms with Gasteiger partial charge in [-0.3, -0.25) is 48.5 Å². The van der Waals surface area contributed by atoms with Crippen molar-refractivity contribution in [3.05, 3.63) is 267 Å². The van der Waals surface area contributed by atoms with Gasteiger partial charge in [0.2, 0.25) is 0 Å². The molecule has 8 rings (SSSR count). The first-order valence-corrected chi connectivity index (χ1v) is 23.7. The largest absolute Gasteiger partial charge is 0.665 e. The Morgan fingerprint density at radius 2 is 0.495 bits per heavy atom. The fourth-order valence-corrected chi connectivity index (χ4v) is 6.60. The van der Waals surface area contributed by atoms with Crippen LogP contribution >= 0.6 is 0 Å². The van der Waals surface area contributed by atoms with Crippen LogP contribution in [0.3, 0.4) is 0 Å². The molecular formula is C76H114O6W13Y2-8. The Kier molecular flexibility index (Phi) is 203. The summed E-state index contributed by atoms with van der Waals surface area (Å²) in [5.74, 6) is 6.20. The molecular weight excluding hydrogens is 3580 g/mol. The van der Waals surface area contributed by atoms with E-state index in [0.29, 0.717) is 25.0 Å². The molecule has 0 fully saturated rings. The summed E-state index contributed by atoms with van der Waals surface area (Å²) < 4.78 is 32.4. The van der Waals surface area contributed by atoms with Gasteiger partial charge in [-0.15, -0.1) is 24.3 Å². The van der Waals surface area contributed by atoms with Crippen LogP contribution < -0.4 is 28.4 Å². The number of rotatable bonds is 19. The molecule has 97 heavy (non-hydrogen) atoms. The van der Waals surface area contributed by atoms with Crippen molar-refractivity contribution >= 4 is 0 Å². The van der Waals surface area contributed by atoms with E-state index >= 15 is 0 Å². The molecule has 0 bridgehead atoms. The van der Waals surface area contributed by atoms with E-state index in [-0.39, 0.29) is 428 Å². The fourth-order valence-electron chi connectivity index (χ4n) is 6.60. The van der Waals surface area contributed by atoms with Gasteiger partial charge in [-0.1, -0.05) is 158 Å². The normalized spacial score (nSPS) is 7.77. The van der Waals surface area contributed by atoms with E-state index in [4.69, 9.17) is 28.4 Å². The molecule has 0 amide bonds. The van der Waals surface area contributed by atoms with E-state index < -0.39 is 0 Å². The van der Waals surface area contributed by atoms with Crippen LogP contribution in [0, 0.1) is 62.5 Å². The second-order valence-corrected chi connectivity index (χ2v) is 15.8. The van der Waals surface area contributed by atoms with Crippen LogP contribution in [-0.4, -0.2) is 26.4 Å². The molecule has 0 aliphatic heterocycles. The standard InChI is InChI=1S/C28H32O3.C16H17O2.C8H9O.2C6H4.12CH4.13W.2Y/c1-4-23(21-31-27-8-6-5-7-9-27)18-22(2)20-30-28-16-12-25(13-17-28)19-24-10-14-26(29-3)15-11-24;1-3-18-16-10-6-14(7-11-16)12-13-4-8-15(17-2)9-5-13;1-2-9-8-6-4-3-5-7-8;2*1-2-4-6-5-3-1;;;;;;;;;;;;;;;;;;;;;;;;;;;/h6-17,22-23H,3-4,18-21H2,1-2H3;4-11H,2-3,12H2,1H3;4-7H,2H2,1H3;2*1-2,5-6H;12*1H4;;;;;;;;;;;;;;;/q-2;2*-1;2*-2;;;;;;;;;;;;;;;;;;;;;;;;;;;. The third kappa shape index (κ3) is 85.2. The van der Waals surface area contributed by atoms with Crippen LogP contribution in [0.4, 0.5) is 0 Å². The molecule has 0 aliphatic rings. The van der Waals surface area contributed by atoms with Gasteiger partial charge in [0, 0.05) is 351 Å². The molecule has 0 spiro atoms. The van der Waals surface area contributed by atoms with Crippen LogP contribution in [0.1, 0.15) is 152 Å². The molecule has 0 heterocycles. The summed E-state index contributed by atoms with van der Waals surface area (Å²) in [6.07, 6.45) is 3.97. The molecule has 21 heteroatoms. The molecule has 2 atom stereocenters. The Hall–Kier alpha value is 3.72. The first-order chi connectivity index (χ1) is 34.4. The van der Waals surface area contributed by atoms with Crippen molar-refractivity contribution < 1.29 is 368 Å². The molecule has 6 nitrogen and oxygen atoms in total. The predicted molar refractivity (Wildman–Crippen MR) is 364 cm³/mol. The average molecular weight is 3690 g/mol. The van der Waals surface area contributed by atoms with Crippen molar-refractivity contribution in [2.24, 2.45) is 11.8 Å². The quantitative estimate of drug-likeness (QED) is 0.0752. The molecule has 0 saturated heterocycles. The van der Waals surface area contributed by atoms with Gasteiger partial charge in [0.1, 0.15) is 11.5 Å². The van der Waals surface area contributed by atoms with E-state index in [1.165, 1.54) is 22.3 Å². The van der Waals surface area contributed by atoms with E-state index in [1.807, 2.05) is 147 Å². The van der Waals surface area contributed by atoms with Crippen molar-refractivity contribution in [2.45, 2.75) is 142 Å². The van der Waals surface area contributed by atoms with Crippen LogP contribution in [-0.2, 0) is 352 Å². The molecule has 2 unspecified atom stereocenters. The molecule has 8 aromatic rings. The maximum absolute atomic E-state index is 6.04. The van der Waals surface area contributed by atoms with Crippen molar-refractivity contribution in [3.63, 3.8) is 0 Å². The Morgan fingerprint density at radius 1 is 0.289 bits per heavy atom. The minimum atomic E-state index is 0. The summed E-state index contributed by atoms with van der Waals surface area (Å²) in [5, 5.41) is 0. The molecule has 2 radical (unpaired) electrons. The van der Waals surface area contributed by atoms with Gasteiger partial charge in [-0.2, -0.15) is 50.6 Å². The first kappa shape index (κ1) is 170. The fraction of sp³-hybridized carbons (Fsp3) is 0.342. The molecule has 0 saturated carbocycles. The second-order valence-electron chi connectivity index (χ2n) is 15.8. The molecule has 0 aliphatic carbocycles. The number of benzene rings is 8. The smallest absolute Gasteiger partial charge is 0.119 e. The third-order valence-electron chi connectivity index (χ3n) is 10.3. The summed E-state index contributed by atoms with van der Waals surface area (Å²) in [5.41, 5.74) is 5.01. The molecule has 546 valence electrons. The summed E-state index contributed by atoms with van der Waals surface area (Å²) in [6, 6.07) is 79.6. The maximum Gasteiger partial charge on any atom is 0.119 e. The van der Waals surface area contributed by atoms with E-state index in [9.17, 15) is 0 Å². The molecule has 0 aromatic heterocycles. The second kappa shape index (κ2) is 116. The summed E-state index contributed by atoms with van der Waals surface area (Å²) >= 11 is 0. The Bertz CT molecular complexity index is 2400. The SMILES string of the molecule is C.C.C.C.C.C.C.C.C.C.C.C.CCOc1cc[c-]cc1.[CH2-]Oc1ccc(Cc2ccc(OCC(C)CC(CC)COc3cc[c-]cc3)cc2)cc1.[CH2-]Oc1ccc(Cc2ccc(OCC)cc2)cc1.[W].[W].[W].[W].[W].[W].[W].[W].[W].[W].[W].[W].[W].[Y].[Y].[c-]1cc[c-]cc1.[c-]1cc[c-]cc1. The molecule has 8 aromatic carbocycles. The summed E-state index contributed by atoms with van der Waals surface area (Å²) in [7, 11) is 6.81.